The highest BCUT2D eigenvalue weighted by Gasteiger charge is 2.28. The normalized spacial score (nSPS) is 21.5. The van der Waals surface area contributed by atoms with Gasteiger partial charge in [-0.2, -0.15) is 5.10 Å². The molecule has 0 radical (unpaired) electrons. The third kappa shape index (κ3) is 2.47. The fourth-order valence-corrected chi connectivity index (χ4v) is 3.45. The monoisotopic (exact) mass is 297 g/mol. The number of hydrogen-bond donors (Lipinski definition) is 2. The van der Waals surface area contributed by atoms with E-state index in [1.807, 2.05) is 12.1 Å². The standard InChI is InChI=1S/C17H19N3O2/c21-16-9-14(15-10-18-20-17(15)19-16)11-4-3-7-13(8-11)22-12-5-1-2-6-12/h3-4,7-8,10,12,14H,1-2,5-6,9H2,(H2,18,19,20,21)/t14-/m1/s1. The number of nitrogens with zero attached hydrogens (tertiary/aromatic N) is 1. The number of H-pyrrole nitrogens is 1. The summed E-state index contributed by atoms with van der Waals surface area (Å²) in [6.07, 6.45) is 7.37. The second kappa shape index (κ2) is 5.48. The molecule has 0 unspecified atom stereocenters. The third-order valence-electron chi connectivity index (χ3n) is 4.56. The highest BCUT2D eigenvalue weighted by Crippen LogP contribution is 2.37. The van der Waals surface area contributed by atoms with Gasteiger partial charge < -0.3 is 10.1 Å². The molecule has 1 fully saturated rings. The maximum Gasteiger partial charge on any atom is 0.226 e. The van der Waals surface area contributed by atoms with Crippen molar-refractivity contribution in [1.82, 2.24) is 10.2 Å². The topological polar surface area (TPSA) is 67.0 Å². The van der Waals surface area contributed by atoms with Gasteiger partial charge in [0.1, 0.15) is 11.6 Å². The molecule has 2 heterocycles. The number of aromatic nitrogens is 2. The molecule has 0 bridgehead atoms. The average Bonchev–Trinajstić information content (AvgIpc) is 3.18. The zero-order valence-corrected chi connectivity index (χ0v) is 12.3. The van der Waals surface area contributed by atoms with Crippen LogP contribution >= 0.6 is 0 Å². The van der Waals surface area contributed by atoms with E-state index in [9.17, 15) is 4.79 Å². The van der Waals surface area contributed by atoms with Gasteiger partial charge in [0.25, 0.3) is 0 Å². The van der Waals surface area contributed by atoms with E-state index in [2.05, 4.69) is 27.6 Å². The Morgan fingerprint density at radius 1 is 1.23 bits per heavy atom. The van der Waals surface area contributed by atoms with Gasteiger partial charge in [0, 0.05) is 17.9 Å². The molecule has 22 heavy (non-hydrogen) atoms. The summed E-state index contributed by atoms with van der Waals surface area (Å²) in [6.45, 7) is 0. The molecule has 114 valence electrons. The highest BCUT2D eigenvalue weighted by atomic mass is 16.5. The second-order valence-corrected chi connectivity index (χ2v) is 6.10. The van der Waals surface area contributed by atoms with Gasteiger partial charge >= 0.3 is 0 Å². The van der Waals surface area contributed by atoms with Crippen molar-refractivity contribution in [2.45, 2.75) is 44.1 Å². The Bertz CT molecular complexity index is 689. The van der Waals surface area contributed by atoms with Gasteiger partial charge in [-0.3, -0.25) is 9.89 Å². The molecule has 2 aliphatic rings. The van der Waals surface area contributed by atoms with Gasteiger partial charge in [-0.05, 0) is 43.4 Å². The van der Waals surface area contributed by atoms with E-state index in [4.69, 9.17) is 4.74 Å². The van der Waals surface area contributed by atoms with Crippen LogP contribution in [-0.4, -0.2) is 22.2 Å². The minimum absolute atomic E-state index is 0.0175. The number of benzene rings is 1. The lowest BCUT2D eigenvalue weighted by Crippen LogP contribution is -2.23. The zero-order chi connectivity index (χ0) is 14.9. The number of carbonyl (C=O) groups is 1. The number of carbonyl (C=O) groups excluding carboxylic acids is 1. The van der Waals surface area contributed by atoms with Crippen molar-refractivity contribution in [2.75, 3.05) is 5.32 Å². The van der Waals surface area contributed by atoms with E-state index in [0.29, 0.717) is 18.3 Å². The number of fused-ring (bicyclic) bond motifs is 1. The van der Waals surface area contributed by atoms with Crippen LogP contribution in [0.4, 0.5) is 5.82 Å². The zero-order valence-electron chi connectivity index (χ0n) is 12.3. The maximum atomic E-state index is 11.9. The molecule has 5 nitrogen and oxygen atoms in total. The molecule has 4 rings (SSSR count). The van der Waals surface area contributed by atoms with E-state index in [1.165, 1.54) is 12.8 Å². The van der Waals surface area contributed by atoms with Crippen molar-refractivity contribution >= 4 is 11.7 Å². The first kappa shape index (κ1) is 13.4. The molecule has 1 amide bonds. The number of rotatable bonds is 3. The van der Waals surface area contributed by atoms with Crippen molar-refractivity contribution in [3.8, 4) is 5.75 Å². The fourth-order valence-electron chi connectivity index (χ4n) is 3.45. The summed E-state index contributed by atoms with van der Waals surface area (Å²) in [4.78, 5) is 11.9. The summed E-state index contributed by atoms with van der Waals surface area (Å²) >= 11 is 0. The molecule has 1 aliphatic carbocycles. The lowest BCUT2D eigenvalue weighted by molar-refractivity contribution is -0.116. The highest BCUT2D eigenvalue weighted by molar-refractivity contribution is 5.94. The first-order valence-electron chi connectivity index (χ1n) is 7.89. The summed E-state index contributed by atoms with van der Waals surface area (Å²) in [5, 5.41) is 9.72. The number of anilines is 1. The Morgan fingerprint density at radius 3 is 2.95 bits per heavy atom. The molecule has 1 aromatic carbocycles. The third-order valence-corrected chi connectivity index (χ3v) is 4.56. The quantitative estimate of drug-likeness (QED) is 0.914. The first-order chi connectivity index (χ1) is 10.8. The first-order valence-corrected chi connectivity index (χ1v) is 7.89. The van der Waals surface area contributed by atoms with Crippen molar-refractivity contribution < 1.29 is 9.53 Å². The number of hydrogen-bond acceptors (Lipinski definition) is 3. The van der Waals surface area contributed by atoms with Crippen LogP contribution in [0.2, 0.25) is 0 Å². The van der Waals surface area contributed by atoms with Gasteiger partial charge in [0.2, 0.25) is 5.91 Å². The van der Waals surface area contributed by atoms with Crippen LogP contribution in [0.1, 0.15) is 49.1 Å². The van der Waals surface area contributed by atoms with Crippen LogP contribution in [0.5, 0.6) is 5.75 Å². The van der Waals surface area contributed by atoms with Crippen LogP contribution in [0.15, 0.2) is 30.5 Å². The van der Waals surface area contributed by atoms with Gasteiger partial charge in [0.05, 0.1) is 12.3 Å². The van der Waals surface area contributed by atoms with E-state index in [0.717, 1.165) is 29.7 Å². The average molecular weight is 297 g/mol. The van der Waals surface area contributed by atoms with Crippen molar-refractivity contribution in [3.05, 3.63) is 41.6 Å². The van der Waals surface area contributed by atoms with Crippen LogP contribution in [0, 0.1) is 0 Å². The predicted molar refractivity (Wildman–Crippen MR) is 83.0 cm³/mol. The molecule has 0 saturated heterocycles. The summed E-state index contributed by atoms with van der Waals surface area (Å²) in [6, 6.07) is 8.13. The smallest absolute Gasteiger partial charge is 0.226 e. The predicted octanol–water partition coefficient (Wildman–Crippen LogP) is 3.21. The summed E-state index contributed by atoms with van der Waals surface area (Å²) in [7, 11) is 0. The summed E-state index contributed by atoms with van der Waals surface area (Å²) in [5.41, 5.74) is 2.14. The van der Waals surface area contributed by atoms with Gasteiger partial charge in [0.15, 0.2) is 0 Å². The van der Waals surface area contributed by atoms with Crippen LogP contribution in [0.3, 0.4) is 0 Å². The molecule has 0 spiro atoms. The van der Waals surface area contributed by atoms with Gasteiger partial charge in [-0.1, -0.05) is 12.1 Å². The van der Waals surface area contributed by atoms with Crippen LogP contribution in [0.25, 0.3) is 0 Å². The number of nitrogens with one attached hydrogen (secondary N) is 2. The molecule has 2 N–H and O–H groups in total. The minimum atomic E-state index is 0.0175. The summed E-state index contributed by atoms with van der Waals surface area (Å²) in [5.74, 6) is 1.67. The fraction of sp³-hybridized carbons (Fsp3) is 0.412. The number of amides is 1. The molecule has 2 aromatic rings. The Kier molecular flexibility index (Phi) is 3.33. The Balaban J connectivity index is 1.61. The molecular weight excluding hydrogens is 278 g/mol. The van der Waals surface area contributed by atoms with E-state index >= 15 is 0 Å². The van der Waals surface area contributed by atoms with Crippen LogP contribution in [-0.2, 0) is 4.79 Å². The Hall–Kier alpha value is -2.30. The van der Waals surface area contributed by atoms with Crippen molar-refractivity contribution in [2.24, 2.45) is 0 Å². The molecular formula is C17H19N3O2. The molecule has 1 aliphatic heterocycles. The molecule has 5 heteroatoms. The van der Waals surface area contributed by atoms with E-state index in [-0.39, 0.29) is 11.8 Å². The van der Waals surface area contributed by atoms with E-state index in [1.54, 1.807) is 6.20 Å². The van der Waals surface area contributed by atoms with E-state index < -0.39 is 0 Å². The molecule has 1 aromatic heterocycles. The van der Waals surface area contributed by atoms with Gasteiger partial charge in [-0.25, -0.2) is 0 Å². The second-order valence-electron chi connectivity index (χ2n) is 6.10. The maximum absolute atomic E-state index is 11.9. The minimum Gasteiger partial charge on any atom is -0.490 e. The van der Waals surface area contributed by atoms with Crippen LogP contribution < -0.4 is 10.1 Å². The van der Waals surface area contributed by atoms with Crippen molar-refractivity contribution in [1.29, 1.82) is 0 Å². The van der Waals surface area contributed by atoms with Gasteiger partial charge in [-0.15, -0.1) is 0 Å². The lowest BCUT2D eigenvalue weighted by Gasteiger charge is -2.23. The summed E-state index contributed by atoms with van der Waals surface area (Å²) < 4.78 is 6.08. The lowest BCUT2D eigenvalue weighted by atomic mass is 9.87. The number of ether oxygens (including phenoxy) is 1. The number of aromatic amines is 1. The largest absolute Gasteiger partial charge is 0.490 e. The van der Waals surface area contributed by atoms with Crippen molar-refractivity contribution in [3.63, 3.8) is 0 Å². The SMILES string of the molecule is O=C1C[C@H](c2cccc(OC3CCCC3)c2)c2cn[nH]c2N1. The molecule has 1 saturated carbocycles. The molecule has 1 atom stereocenters. The Morgan fingerprint density at radius 2 is 2.09 bits per heavy atom. The Labute approximate surface area is 129 Å².